The zero-order chi connectivity index (χ0) is 14.2. The Balaban J connectivity index is 1.72. The Kier molecular flexibility index (Phi) is 3.50. The van der Waals surface area contributed by atoms with E-state index in [1.807, 2.05) is 6.92 Å². The van der Waals surface area contributed by atoms with Crippen molar-refractivity contribution in [1.29, 1.82) is 0 Å². The predicted octanol–water partition coefficient (Wildman–Crippen LogP) is 1.30. The van der Waals surface area contributed by atoms with E-state index >= 15 is 0 Å². The highest BCUT2D eigenvalue weighted by Gasteiger charge is 2.38. The van der Waals surface area contributed by atoms with Gasteiger partial charge in [-0.2, -0.15) is 0 Å². The maximum Gasteiger partial charge on any atom is 0.310 e. The molecule has 0 saturated carbocycles. The van der Waals surface area contributed by atoms with Crippen molar-refractivity contribution in [2.75, 3.05) is 13.1 Å². The predicted molar refractivity (Wildman–Crippen MR) is 73.2 cm³/mol. The molecule has 6 nitrogen and oxygen atoms in total. The van der Waals surface area contributed by atoms with Gasteiger partial charge in [0, 0.05) is 19.5 Å². The second-order valence-corrected chi connectivity index (χ2v) is 6.32. The second-order valence-electron chi connectivity index (χ2n) is 6.32. The molecule has 1 fully saturated rings. The molecule has 2 aliphatic heterocycles. The van der Waals surface area contributed by atoms with Crippen molar-refractivity contribution in [2.24, 2.45) is 5.41 Å². The molecule has 0 aromatic carbocycles. The van der Waals surface area contributed by atoms with Gasteiger partial charge in [-0.25, -0.2) is 0 Å². The van der Waals surface area contributed by atoms with E-state index in [1.54, 1.807) is 0 Å². The highest BCUT2D eigenvalue weighted by atomic mass is 16.4. The van der Waals surface area contributed by atoms with E-state index < -0.39 is 11.4 Å². The summed E-state index contributed by atoms with van der Waals surface area (Å²) >= 11 is 0. The summed E-state index contributed by atoms with van der Waals surface area (Å²) in [6.45, 7) is 5.12. The van der Waals surface area contributed by atoms with Crippen LogP contribution in [0.25, 0.3) is 0 Å². The first kappa shape index (κ1) is 13.5. The molecule has 1 saturated heterocycles. The van der Waals surface area contributed by atoms with Crippen LogP contribution in [-0.4, -0.2) is 43.8 Å². The number of rotatable bonds is 3. The number of fused-ring (bicyclic) bond motifs is 1. The molecule has 3 heterocycles. The van der Waals surface area contributed by atoms with E-state index in [9.17, 15) is 9.90 Å². The molecule has 1 unspecified atom stereocenters. The van der Waals surface area contributed by atoms with Gasteiger partial charge in [0.05, 0.1) is 12.0 Å². The van der Waals surface area contributed by atoms with Gasteiger partial charge in [0.25, 0.3) is 0 Å². The molecule has 0 bridgehead atoms. The van der Waals surface area contributed by atoms with Crippen LogP contribution >= 0.6 is 0 Å². The van der Waals surface area contributed by atoms with E-state index in [1.165, 1.54) is 12.8 Å². The third-order valence-electron chi connectivity index (χ3n) is 4.59. The zero-order valence-corrected chi connectivity index (χ0v) is 12.0. The minimum atomic E-state index is -0.689. The van der Waals surface area contributed by atoms with Gasteiger partial charge >= 0.3 is 5.97 Å². The summed E-state index contributed by atoms with van der Waals surface area (Å²) in [6.07, 6.45) is 5.09. The monoisotopic (exact) mass is 278 g/mol. The molecule has 1 N–H and O–H groups in total. The molecular formula is C14H22N4O2. The largest absolute Gasteiger partial charge is 0.481 e. The smallest absolute Gasteiger partial charge is 0.310 e. The number of carbonyl (C=O) groups is 1. The maximum atomic E-state index is 11.4. The van der Waals surface area contributed by atoms with Gasteiger partial charge in [-0.3, -0.25) is 9.69 Å². The number of piperidine rings is 1. The van der Waals surface area contributed by atoms with Crippen LogP contribution in [0.2, 0.25) is 0 Å². The number of hydrogen-bond acceptors (Lipinski definition) is 4. The van der Waals surface area contributed by atoms with Crippen LogP contribution in [-0.2, 0) is 24.3 Å². The molecule has 1 aromatic heterocycles. The normalized spacial score (nSPS) is 27.2. The molecular weight excluding hydrogens is 256 g/mol. The summed E-state index contributed by atoms with van der Waals surface area (Å²) in [5.74, 6) is 1.39. The number of hydrogen-bond donors (Lipinski definition) is 1. The lowest BCUT2D eigenvalue weighted by Gasteiger charge is -2.37. The maximum absolute atomic E-state index is 11.4. The molecule has 0 radical (unpaired) electrons. The number of carboxylic acid groups (broad SMARTS) is 1. The van der Waals surface area contributed by atoms with Crippen LogP contribution in [0.4, 0.5) is 0 Å². The Labute approximate surface area is 118 Å². The Hall–Kier alpha value is -1.43. The molecule has 2 aliphatic rings. The lowest BCUT2D eigenvalue weighted by Crippen LogP contribution is -2.45. The summed E-state index contributed by atoms with van der Waals surface area (Å²) in [6, 6.07) is 0. The van der Waals surface area contributed by atoms with Crippen LogP contribution in [0, 0.1) is 5.41 Å². The third-order valence-corrected chi connectivity index (χ3v) is 4.59. The highest BCUT2D eigenvalue weighted by Crippen LogP contribution is 2.30. The number of aromatic nitrogens is 3. The van der Waals surface area contributed by atoms with Gasteiger partial charge in [-0.05, 0) is 39.2 Å². The van der Waals surface area contributed by atoms with Gasteiger partial charge in [-0.15, -0.1) is 10.2 Å². The minimum absolute atomic E-state index is 0.602. The van der Waals surface area contributed by atoms with E-state index in [0.717, 1.165) is 50.5 Å². The van der Waals surface area contributed by atoms with E-state index in [4.69, 9.17) is 0 Å². The number of aryl methyl sites for hydroxylation is 1. The SMILES string of the molecule is CC1(C(=O)O)CCCN(Cc2nnc3n2CCCC3)C1. The van der Waals surface area contributed by atoms with Crippen molar-refractivity contribution in [3.05, 3.63) is 11.6 Å². The van der Waals surface area contributed by atoms with Crippen molar-refractivity contribution in [1.82, 2.24) is 19.7 Å². The molecule has 110 valence electrons. The number of aliphatic carboxylic acids is 1. The average Bonchev–Trinajstić information content (AvgIpc) is 2.82. The Morgan fingerprint density at radius 1 is 1.30 bits per heavy atom. The summed E-state index contributed by atoms with van der Waals surface area (Å²) < 4.78 is 2.22. The van der Waals surface area contributed by atoms with Crippen LogP contribution in [0.5, 0.6) is 0 Å². The summed E-state index contributed by atoms with van der Waals surface area (Å²) in [5.41, 5.74) is -0.622. The zero-order valence-electron chi connectivity index (χ0n) is 12.0. The molecule has 20 heavy (non-hydrogen) atoms. The van der Waals surface area contributed by atoms with Gasteiger partial charge in [0.2, 0.25) is 0 Å². The molecule has 1 aromatic rings. The van der Waals surface area contributed by atoms with Crippen molar-refractivity contribution >= 4 is 5.97 Å². The first-order valence-electron chi connectivity index (χ1n) is 7.45. The summed E-state index contributed by atoms with van der Waals surface area (Å²) in [4.78, 5) is 13.6. The van der Waals surface area contributed by atoms with Gasteiger partial charge in [0.15, 0.2) is 0 Å². The second kappa shape index (κ2) is 5.16. The van der Waals surface area contributed by atoms with Gasteiger partial charge < -0.3 is 9.67 Å². The van der Waals surface area contributed by atoms with E-state index in [-0.39, 0.29) is 0 Å². The molecule has 0 amide bonds. The lowest BCUT2D eigenvalue weighted by atomic mass is 9.82. The van der Waals surface area contributed by atoms with Gasteiger partial charge in [0.1, 0.15) is 11.6 Å². The first-order valence-corrected chi connectivity index (χ1v) is 7.45. The quantitative estimate of drug-likeness (QED) is 0.902. The average molecular weight is 278 g/mol. The van der Waals surface area contributed by atoms with Crippen molar-refractivity contribution in [3.63, 3.8) is 0 Å². The van der Waals surface area contributed by atoms with Crippen molar-refractivity contribution < 1.29 is 9.90 Å². The lowest BCUT2D eigenvalue weighted by molar-refractivity contribution is -0.151. The number of likely N-dealkylation sites (tertiary alicyclic amines) is 1. The molecule has 1 atom stereocenters. The number of nitrogens with zero attached hydrogens (tertiary/aromatic N) is 4. The van der Waals surface area contributed by atoms with Crippen molar-refractivity contribution in [3.8, 4) is 0 Å². The summed E-state index contributed by atoms with van der Waals surface area (Å²) in [7, 11) is 0. The highest BCUT2D eigenvalue weighted by molar-refractivity contribution is 5.74. The fraction of sp³-hybridized carbons (Fsp3) is 0.786. The first-order chi connectivity index (χ1) is 9.58. The van der Waals surface area contributed by atoms with Crippen LogP contribution in [0.3, 0.4) is 0 Å². The van der Waals surface area contributed by atoms with E-state index in [2.05, 4.69) is 19.7 Å². The van der Waals surface area contributed by atoms with E-state index in [0.29, 0.717) is 6.54 Å². The Bertz CT molecular complexity index is 513. The molecule has 0 spiro atoms. The van der Waals surface area contributed by atoms with Crippen LogP contribution < -0.4 is 0 Å². The topological polar surface area (TPSA) is 71.2 Å². The fourth-order valence-corrected chi connectivity index (χ4v) is 3.34. The summed E-state index contributed by atoms with van der Waals surface area (Å²) in [5, 5.41) is 17.9. The fourth-order valence-electron chi connectivity index (χ4n) is 3.34. The molecule has 6 heteroatoms. The van der Waals surface area contributed by atoms with Crippen LogP contribution in [0.1, 0.15) is 44.3 Å². The standard InChI is InChI=1S/C14H22N4O2/c1-14(13(19)20)6-4-7-17(10-14)9-12-16-15-11-5-2-3-8-18(11)12/h2-10H2,1H3,(H,19,20). The third kappa shape index (κ3) is 2.44. The Morgan fingerprint density at radius 2 is 2.15 bits per heavy atom. The van der Waals surface area contributed by atoms with Crippen molar-refractivity contribution in [2.45, 2.75) is 52.1 Å². The molecule has 0 aliphatic carbocycles. The van der Waals surface area contributed by atoms with Crippen LogP contribution in [0.15, 0.2) is 0 Å². The number of carboxylic acids is 1. The minimum Gasteiger partial charge on any atom is -0.481 e. The Morgan fingerprint density at radius 3 is 2.95 bits per heavy atom. The molecule has 3 rings (SSSR count). The van der Waals surface area contributed by atoms with Gasteiger partial charge in [-0.1, -0.05) is 0 Å².